The summed E-state index contributed by atoms with van der Waals surface area (Å²) in [7, 11) is -3.85. The Morgan fingerprint density at radius 2 is 2.00 bits per heavy atom. The van der Waals surface area contributed by atoms with Gasteiger partial charge in [-0.2, -0.15) is 0 Å². The molecule has 10 nitrogen and oxygen atoms in total. The maximum atomic E-state index is 13.1. The first-order chi connectivity index (χ1) is 15.1. The number of carbonyl (C=O) groups excluding carboxylic acids is 3. The summed E-state index contributed by atoms with van der Waals surface area (Å²) >= 11 is 0. The number of hydrogen-bond acceptors (Lipinski definition) is 6. The summed E-state index contributed by atoms with van der Waals surface area (Å²) < 4.78 is 26.5. The summed E-state index contributed by atoms with van der Waals surface area (Å²) in [6, 6.07) is -1.35. The number of rotatable bonds is 3. The summed E-state index contributed by atoms with van der Waals surface area (Å²) in [5.74, 6) is -1.63. The van der Waals surface area contributed by atoms with Gasteiger partial charge in [0.15, 0.2) is 0 Å². The quantitative estimate of drug-likeness (QED) is 0.434. The number of aliphatic hydroxyl groups excluding tert-OH is 1. The Kier molecular flexibility index (Phi) is 6.00. The van der Waals surface area contributed by atoms with Crippen molar-refractivity contribution in [1.29, 1.82) is 0 Å². The van der Waals surface area contributed by atoms with E-state index < -0.39 is 50.3 Å². The minimum atomic E-state index is -3.85. The van der Waals surface area contributed by atoms with Crippen molar-refractivity contribution in [3.8, 4) is 0 Å². The summed E-state index contributed by atoms with van der Waals surface area (Å²) in [4.78, 5) is 40.2. The van der Waals surface area contributed by atoms with Crippen LogP contribution in [0.2, 0.25) is 0 Å². The molecule has 2 aliphatic heterocycles. The molecule has 4 amide bonds. The van der Waals surface area contributed by atoms with Gasteiger partial charge in [-0.05, 0) is 45.4 Å². The highest BCUT2D eigenvalue weighted by molar-refractivity contribution is 7.91. The van der Waals surface area contributed by atoms with Gasteiger partial charge in [-0.1, -0.05) is 18.6 Å². The molecule has 0 spiro atoms. The minimum absolute atomic E-state index is 0.0270. The fourth-order valence-electron chi connectivity index (χ4n) is 4.47. The molecule has 1 saturated heterocycles. The Labute approximate surface area is 188 Å². The predicted octanol–water partition coefficient (Wildman–Crippen LogP) is 0.135. The van der Waals surface area contributed by atoms with Gasteiger partial charge in [0.05, 0.1) is 10.9 Å². The molecule has 0 radical (unpaired) electrons. The van der Waals surface area contributed by atoms with E-state index >= 15 is 0 Å². The number of fused-ring (bicyclic) bond motifs is 2. The van der Waals surface area contributed by atoms with E-state index in [1.54, 1.807) is 6.92 Å². The molecule has 0 aromatic heterocycles. The molecule has 0 aromatic carbocycles. The molecule has 4 rings (SSSR count). The van der Waals surface area contributed by atoms with E-state index in [9.17, 15) is 27.9 Å². The largest absolute Gasteiger partial charge is 0.391 e. The topological polar surface area (TPSA) is 145 Å². The van der Waals surface area contributed by atoms with E-state index in [0.717, 1.165) is 25.7 Å². The molecule has 2 saturated carbocycles. The van der Waals surface area contributed by atoms with E-state index in [4.69, 9.17) is 0 Å². The Morgan fingerprint density at radius 1 is 1.25 bits per heavy atom. The Hall–Kier alpha value is -2.14. The lowest BCUT2D eigenvalue weighted by molar-refractivity contribution is -0.131. The van der Waals surface area contributed by atoms with Crippen LogP contribution < -0.4 is 15.4 Å². The van der Waals surface area contributed by atoms with Gasteiger partial charge < -0.3 is 20.6 Å². The third kappa shape index (κ3) is 4.36. The molecular formula is C21H32N4O6S. The second kappa shape index (κ2) is 8.33. The number of amides is 4. The van der Waals surface area contributed by atoms with E-state index in [1.165, 1.54) is 4.90 Å². The lowest BCUT2D eigenvalue weighted by Crippen LogP contribution is -2.57. The highest BCUT2D eigenvalue weighted by Crippen LogP contribution is 2.47. The third-order valence-electron chi connectivity index (χ3n) is 7.13. The van der Waals surface area contributed by atoms with E-state index in [0.29, 0.717) is 19.4 Å². The number of nitrogens with zero attached hydrogens (tertiary/aromatic N) is 1. The van der Waals surface area contributed by atoms with Crippen molar-refractivity contribution in [3.63, 3.8) is 0 Å². The number of allylic oxidation sites excluding steroid dienone is 1. The standard InChI is InChI=1S/C21H32N4O6S/c1-20(8-9-20)32(30,31)24-18(28)21-12-14(21)7-5-3-2-4-6-10-22-19(29)25-13-15(26)11-16(25)17(27)23-21/h5,7,14-16,26H,2-4,6,8-13H2,1H3,(H,22,29)(H,23,27)(H,24,28). The van der Waals surface area contributed by atoms with Gasteiger partial charge in [0.25, 0.3) is 5.91 Å². The van der Waals surface area contributed by atoms with Crippen molar-refractivity contribution in [2.45, 2.75) is 80.7 Å². The van der Waals surface area contributed by atoms with Crippen molar-refractivity contribution in [2.24, 2.45) is 5.92 Å². The molecule has 2 heterocycles. The van der Waals surface area contributed by atoms with Crippen LogP contribution in [-0.4, -0.2) is 71.8 Å². The Morgan fingerprint density at radius 3 is 2.72 bits per heavy atom. The third-order valence-corrected chi connectivity index (χ3v) is 9.29. The molecule has 4 N–H and O–H groups in total. The highest BCUT2D eigenvalue weighted by Gasteiger charge is 2.63. The van der Waals surface area contributed by atoms with Crippen molar-refractivity contribution in [3.05, 3.63) is 12.2 Å². The smallest absolute Gasteiger partial charge is 0.318 e. The zero-order valence-electron chi connectivity index (χ0n) is 18.3. The number of urea groups is 1. The first kappa shape index (κ1) is 23.0. The average Bonchev–Trinajstić information content (AvgIpc) is 3.60. The van der Waals surface area contributed by atoms with Gasteiger partial charge in [0, 0.05) is 25.4 Å². The van der Waals surface area contributed by atoms with Crippen LogP contribution in [0, 0.1) is 5.92 Å². The normalized spacial score (nSPS) is 34.8. The zero-order valence-corrected chi connectivity index (χ0v) is 19.1. The van der Waals surface area contributed by atoms with Crippen LogP contribution in [0.25, 0.3) is 0 Å². The second-order valence-corrected chi connectivity index (χ2v) is 11.9. The number of hydrogen-bond donors (Lipinski definition) is 4. The maximum absolute atomic E-state index is 13.1. The molecule has 0 bridgehead atoms. The monoisotopic (exact) mass is 468 g/mol. The lowest BCUT2D eigenvalue weighted by atomic mass is 10.1. The summed E-state index contributed by atoms with van der Waals surface area (Å²) in [6.45, 7) is 2.10. The number of nitrogens with one attached hydrogen (secondary N) is 3. The molecular weight excluding hydrogens is 436 g/mol. The number of sulfonamides is 1. The predicted molar refractivity (Wildman–Crippen MR) is 116 cm³/mol. The van der Waals surface area contributed by atoms with Crippen molar-refractivity contribution < 1.29 is 27.9 Å². The van der Waals surface area contributed by atoms with E-state index in [2.05, 4.69) is 15.4 Å². The van der Waals surface area contributed by atoms with Crippen LogP contribution in [0.15, 0.2) is 12.2 Å². The first-order valence-electron chi connectivity index (χ1n) is 11.4. The maximum Gasteiger partial charge on any atom is 0.318 e. The Balaban J connectivity index is 1.57. The second-order valence-electron chi connectivity index (χ2n) is 9.72. The van der Waals surface area contributed by atoms with Gasteiger partial charge in [-0.25, -0.2) is 13.2 Å². The van der Waals surface area contributed by atoms with Crippen molar-refractivity contribution >= 4 is 27.9 Å². The van der Waals surface area contributed by atoms with Gasteiger partial charge >= 0.3 is 6.03 Å². The summed E-state index contributed by atoms with van der Waals surface area (Å²) in [6.07, 6.45) is 7.76. The van der Waals surface area contributed by atoms with Gasteiger partial charge in [0.1, 0.15) is 11.6 Å². The Bertz CT molecular complexity index is 931. The molecule has 178 valence electrons. The molecule has 2 aliphatic carbocycles. The summed E-state index contributed by atoms with van der Waals surface area (Å²) in [5, 5.41) is 15.6. The van der Waals surface area contributed by atoms with Gasteiger partial charge in [-0.15, -0.1) is 0 Å². The first-order valence-corrected chi connectivity index (χ1v) is 12.8. The molecule has 32 heavy (non-hydrogen) atoms. The molecule has 0 aromatic rings. The summed E-state index contributed by atoms with van der Waals surface area (Å²) in [5.41, 5.74) is -1.37. The lowest BCUT2D eigenvalue weighted by Gasteiger charge is -2.27. The molecule has 11 heteroatoms. The number of aliphatic hydroxyl groups is 1. The minimum Gasteiger partial charge on any atom is -0.391 e. The molecule has 3 fully saturated rings. The van der Waals surface area contributed by atoms with Crippen LogP contribution in [0.4, 0.5) is 4.79 Å². The highest BCUT2D eigenvalue weighted by atomic mass is 32.2. The van der Waals surface area contributed by atoms with E-state index in [-0.39, 0.29) is 25.3 Å². The van der Waals surface area contributed by atoms with Crippen molar-refractivity contribution in [1.82, 2.24) is 20.3 Å². The molecule has 4 atom stereocenters. The fourth-order valence-corrected chi connectivity index (χ4v) is 5.79. The zero-order chi connectivity index (χ0) is 23.1. The van der Waals surface area contributed by atoms with E-state index in [1.807, 2.05) is 12.2 Å². The average molecular weight is 469 g/mol. The fraction of sp³-hybridized carbons (Fsp3) is 0.762. The molecule has 4 unspecified atom stereocenters. The van der Waals surface area contributed by atoms with Gasteiger partial charge in [0.2, 0.25) is 15.9 Å². The van der Waals surface area contributed by atoms with Gasteiger partial charge in [-0.3, -0.25) is 14.3 Å². The van der Waals surface area contributed by atoms with Crippen LogP contribution in [0.1, 0.15) is 58.3 Å². The van der Waals surface area contributed by atoms with Crippen LogP contribution >= 0.6 is 0 Å². The van der Waals surface area contributed by atoms with Crippen LogP contribution in [-0.2, 0) is 19.6 Å². The van der Waals surface area contributed by atoms with Crippen LogP contribution in [0.5, 0.6) is 0 Å². The molecule has 4 aliphatic rings. The number of carbonyl (C=O) groups is 3. The van der Waals surface area contributed by atoms with Crippen molar-refractivity contribution in [2.75, 3.05) is 13.1 Å². The van der Waals surface area contributed by atoms with Crippen LogP contribution in [0.3, 0.4) is 0 Å². The SMILES string of the molecule is CC1(S(=O)(=O)NC(=O)C23CC2C=CCCCCCNC(=O)N2CC(O)CC2C(=O)N3)CC1.